The van der Waals surface area contributed by atoms with Crippen LogP contribution in [-0.2, 0) is 6.54 Å². The summed E-state index contributed by atoms with van der Waals surface area (Å²) in [4.78, 5) is 2.53. The number of piperidine rings is 1. The van der Waals surface area contributed by atoms with Crippen molar-refractivity contribution < 1.29 is 4.74 Å². The monoisotopic (exact) mass is 355 g/mol. The molecule has 0 aliphatic carbocycles. The zero-order valence-corrected chi connectivity index (χ0v) is 15.4. The van der Waals surface area contributed by atoms with E-state index in [9.17, 15) is 0 Å². The van der Waals surface area contributed by atoms with E-state index in [0.717, 1.165) is 23.7 Å². The van der Waals surface area contributed by atoms with Crippen LogP contribution in [0.5, 0.6) is 5.75 Å². The van der Waals surface area contributed by atoms with Crippen LogP contribution in [0.3, 0.4) is 0 Å². The first kappa shape index (κ1) is 17.7. The molecule has 2 N–H and O–H groups in total. The largest absolute Gasteiger partial charge is 0.495 e. The first-order valence-electron chi connectivity index (χ1n) is 8.77. The zero-order valence-electron chi connectivity index (χ0n) is 14.6. The fraction of sp³-hybridized carbons (Fsp3) is 0.350. The van der Waals surface area contributed by atoms with Gasteiger partial charge in [0, 0.05) is 12.2 Å². The standard InChI is InChI=1S/C20H25N3OS/c1-24-19-8-4-3-7-18(19)22-20(25)21-17-11-9-16(10-12-17)15-23-13-5-2-6-14-23/h3-4,7-12H,2,5-6,13-15H2,1H3,(H2,21,22,25). The summed E-state index contributed by atoms with van der Waals surface area (Å²) < 4.78 is 5.33. The molecule has 0 atom stereocenters. The van der Waals surface area contributed by atoms with E-state index < -0.39 is 0 Å². The second-order valence-corrected chi connectivity index (χ2v) is 6.72. The Kier molecular flexibility index (Phi) is 6.25. The Bertz CT molecular complexity index is 696. The van der Waals surface area contributed by atoms with E-state index in [1.165, 1.54) is 37.9 Å². The number of rotatable bonds is 5. The van der Waals surface area contributed by atoms with E-state index >= 15 is 0 Å². The van der Waals surface area contributed by atoms with Crippen molar-refractivity contribution in [2.45, 2.75) is 25.8 Å². The second-order valence-electron chi connectivity index (χ2n) is 6.31. The van der Waals surface area contributed by atoms with Gasteiger partial charge in [-0.1, -0.05) is 30.7 Å². The summed E-state index contributed by atoms with van der Waals surface area (Å²) in [6.07, 6.45) is 4.01. The summed E-state index contributed by atoms with van der Waals surface area (Å²) >= 11 is 5.40. The van der Waals surface area contributed by atoms with Crippen LogP contribution < -0.4 is 15.4 Å². The van der Waals surface area contributed by atoms with Gasteiger partial charge in [-0.15, -0.1) is 0 Å². The van der Waals surface area contributed by atoms with Crippen LogP contribution >= 0.6 is 12.2 Å². The number of hydrogen-bond donors (Lipinski definition) is 2. The van der Waals surface area contributed by atoms with Gasteiger partial charge >= 0.3 is 0 Å². The van der Waals surface area contributed by atoms with Gasteiger partial charge < -0.3 is 15.4 Å². The smallest absolute Gasteiger partial charge is 0.175 e. The summed E-state index contributed by atoms with van der Waals surface area (Å²) in [5.41, 5.74) is 3.18. The van der Waals surface area contributed by atoms with Gasteiger partial charge in [-0.2, -0.15) is 0 Å². The van der Waals surface area contributed by atoms with Gasteiger partial charge in [-0.05, 0) is 68.0 Å². The number of hydrogen-bond acceptors (Lipinski definition) is 3. The van der Waals surface area contributed by atoms with Crippen molar-refractivity contribution >= 4 is 28.7 Å². The third-order valence-corrected chi connectivity index (χ3v) is 4.63. The molecule has 1 fully saturated rings. The highest BCUT2D eigenvalue weighted by Gasteiger charge is 2.10. The molecule has 0 amide bonds. The second kappa shape index (κ2) is 8.83. The van der Waals surface area contributed by atoms with Gasteiger partial charge in [0.05, 0.1) is 12.8 Å². The van der Waals surface area contributed by atoms with Crippen molar-refractivity contribution in [2.24, 2.45) is 0 Å². The van der Waals surface area contributed by atoms with Crippen molar-refractivity contribution in [1.29, 1.82) is 0 Å². The fourth-order valence-corrected chi connectivity index (χ4v) is 3.33. The van der Waals surface area contributed by atoms with Gasteiger partial charge in [0.1, 0.15) is 5.75 Å². The number of thiocarbonyl (C=S) groups is 1. The molecule has 1 saturated heterocycles. The molecule has 0 saturated carbocycles. The third kappa shape index (κ3) is 5.18. The summed E-state index contributed by atoms with van der Waals surface area (Å²) in [5.74, 6) is 0.767. The van der Waals surface area contributed by atoms with Gasteiger partial charge in [-0.25, -0.2) is 0 Å². The lowest BCUT2D eigenvalue weighted by Crippen LogP contribution is -2.29. The van der Waals surface area contributed by atoms with Crippen LogP contribution in [0.15, 0.2) is 48.5 Å². The predicted octanol–water partition coefficient (Wildman–Crippen LogP) is 4.49. The van der Waals surface area contributed by atoms with Gasteiger partial charge in [0.2, 0.25) is 0 Å². The number of benzene rings is 2. The van der Waals surface area contributed by atoms with Gasteiger partial charge in [0.15, 0.2) is 5.11 Å². The summed E-state index contributed by atoms with van der Waals surface area (Å²) in [5, 5.41) is 6.95. The third-order valence-electron chi connectivity index (χ3n) is 4.42. The topological polar surface area (TPSA) is 36.5 Å². The lowest BCUT2D eigenvalue weighted by molar-refractivity contribution is 0.221. The number of methoxy groups -OCH3 is 1. The molecule has 0 radical (unpaired) electrons. The van der Waals surface area contributed by atoms with Crippen LogP contribution in [0.4, 0.5) is 11.4 Å². The summed E-state index contributed by atoms with van der Waals surface area (Å²) in [7, 11) is 1.65. The Morgan fingerprint density at radius 3 is 2.44 bits per heavy atom. The maximum absolute atomic E-state index is 5.40. The highest BCUT2D eigenvalue weighted by molar-refractivity contribution is 7.80. The van der Waals surface area contributed by atoms with Crippen LogP contribution in [0.25, 0.3) is 0 Å². The first-order chi connectivity index (χ1) is 12.2. The summed E-state index contributed by atoms with van der Waals surface area (Å²) in [6.45, 7) is 3.46. The Balaban J connectivity index is 1.54. The Morgan fingerprint density at radius 1 is 1.00 bits per heavy atom. The zero-order chi connectivity index (χ0) is 17.5. The maximum atomic E-state index is 5.40. The minimum atomic E-state index is 0.549. The SMILES string of the molecule is COc1ccccc1NC(=S)Nc1ccc(CN2CCCCC2)cc1. The van der Waals surface area contributed by atoms with Crippen LogP contribution in [-0.4, -0.2) is 30.2 Å². The van der Waals surface area contributed by atoms with E-state index in [4.69, 9.17) is 17.0 Å². The minimum Gasteiger partial charge on any atom is -0.495 e. The van der Waals surface area contributed by atoms with Crippen molar-refractivity contribution in [3.8, 4) is 5.75 Å². The molecule has 2 aromatic rings. The molecule has 4 nitrogen and oxygen atoms in total. The van der Waals surface area contributed by atoms with E-state index in [1.54, 1.807) is 7.11 Å². The molecule has 132 valence electrons. The maximum Gasteiger partial charge on any atom is 0.175 e. The van der Waals surface area contributed by atoms with Crippen molar-refractivity contribution in [3.05, 3.63) is 54.1 Å². The molecule has 1 aliphatic rings. The lowest BCUT2D eigenvalue weighted by atomic mass is 10.1. The van der Waals surface area contributed by atoms with Crippen LogP contribution in [0.1, 0.15) is 24.8 Å². The lowest BCUT2D eigenvalue weighted by Gasteiger charge is -2.26. The molecule has 3 rings (SSSR count). The molecule has 0 spiro atoms. The highest BCUT2D eigenvalue weighted by atomic mass is 32.1. The summed E-state index contributed by atoms with van der Waals surface area (Å²) in [6, 6.07) is 16.2. The van der Waals surface area contributed by atoms with Crippen LogP contribution in [0, 0.1) is 0 Å². The molecule has 0 aromatic heterocycles. The number of anilines is 2. The number of ether oxygens (including phenoxy) is 1. The number of nitrogens with one attached hydrogen (secondary N) is 2. The average molecular weight is 356 g/mol. The van der Waals surface area contributed by atoms with E-state index in [2.05, 4.69) is 39.8 Å². The molecule has 5 heteroatoms. The molecule has 0 unspecified atom stereocenters. The van der Waals surface area contributed by atoms with E-state index in [-0.39, 0.29) is 0 Å². The van der Waals surface area contributed by atoms with E-state index in [0.29, 0.717) is 5.11 Å². The van der Waals surface area contributed by atoms with Crippen LogP contribution in [0.2, 0.25) is 0 Å². The molecule has 1 heterocycles. The average Bonchev–Trinajstić information content (AvgIpc) is 2.64. The Labute approximate surface area is 155 Å². The normalized spacial score (nSPS) is 14.8. The highest BCUT2D eigenvalue weighted by Crippen LogP contribution is 2.23. The molecule has 1 aliphatic heterocycles. The van der Waals surface area contributed by atoms with Crippen molar-refractivity contribution in [3.63, 3.8) is 0 Å². The molecular weight excluding hydrogens is 330 g/mol. The number of para-hydroxylation sites is 2. The molecule has 25 heavy (non-hydrogen) atoms. The van der Waals surface area contributed by atoms with Crippen molar-refractivity contribution in [2.75, 3.05) is 30.8 Å². The number of likely N-dealkylation sites (tertiary alicyclic amines) is 1. The molecule has 0 bridgehead atoms. The molecule has 2 aromatic carbocycles. The number of nitrogens with zero attached hydrogens (tertiary/aromatic N) is 1. The molecular formula is C20H25N3OS. The van der Waals surface area contributed by atoms with Gasteiger partial charge in [0.25, 0.3) is 0 Å². The van der Waals surface area contributed by atoms with E-state index in [1.807, 2.05) is 24.3 Å². The van der Waals surface area contributed by atoms with Crippen molar-refractivity contribution in [1.82, 2.24) is 4.90 Å². The van der Waals surface area contributed by atoms with Gasteiger partial charge in [-0.3, -0.25) is 4.90 Å². The first-order valence-corrected chi connectivity index (χ1v) is 9.18. The predicted molar refractivity (Wildman–Crippen MR) is 108 cm³/mol. The minimum absolute atomic E-state index is 0.549. The Morgan fingerprint density at radius 2 is 1.72 bits per heavy atom. The fourth-order valence-electron chi connectivity index (χ4n) is 3.10. The quantitative estimate of drug-likeness (QED) is 0.773. The Hall–Kier alpha value is -2.11.